The van der Waals surface area contributed by atoms with Crippen LogP contribution in [-0.4, -0.2) is 62.7 Å². The lowest BCUT2D eigenvalue weighted by atomic mass is 10.2. The van der Waals surface area contributed by atoms with Gasteiger partial charge in [0.1, 0.15) is 16.6 Å². The van der Waals surface area contributed by atoms with Crippen LogP contribution < -0.4 is 10.2 Å². The van der Waals surface area contributed by atoms with Gasteiger partial charge in [0, 0.05) is 31.0 Å². The smallest absolute Gasteiger partial charge is 0.249 e. The number of rotatable bonds is 5. The fourth-order valence-corrected chi connectivity index (χ4v) is 6.00. The summed E-state index contributed by atoms with van der Waals surface area (Å²) in [7, 11) is -3.87. The van der Waals surface area contributed by atoms with Crippen molar-refractivity contribution in [2.45, 2.75) is 37.6 Å². The number of morpholine rings is 1. The largest absolute Gasteiger partial charge is 0.378 e. The number of sulfonamides is 1. The van der Waals surface area contributed by atoms with Crippen molar-refractivity contribution in [1.82, 2.24) is 9.46 Å². The van der Waals surface area contributed by atoms with Gasteiger partial charge in [-0.25, -0.2) is 8.42 Å². The molecule has 3 heterocycles. The highest BCUT2D eigenvalue weighted by atomic mass is 32.2. The molecule has 0 unspecified atom stereocenters. The Kier molecular flexibility index (Phi) is 5.81. The number of amides is 1. The molecule has 0 saturated carbocycles. The standard InChI is InChI=1S/C20H26N4O5S/c1-14-19(15(2)29-22-14)30(26,27)24-9-3-4-18(24)20(25)21-16-5-7-17(8-6-16)23-10-12-28-13-11-23/h5-8,18H,3-4,9-13H2,1-2H3,(H,21,25)/t18-/m0/s1. The van der Waals surface area contributed by atoms with Gasteiger partial charge < -0.3 is 19.5 Å². The third-order valence-electron chi connectivity index (χ3n) is 5.55. The van der Waals surface area contributed by atoms with E-state index in [0.29, 0.717) is 44.0 Å². The molecule has 162 valence electrons. The number of anilines is 2. The van der Waals surface area contributed by atoms with Gasteiger partial charge in [-0.05, 0) is 51.0 Å². The van der Waals surface area contributed by atoms with Crippen molar-refractivity contribution >= 4 is 27.3 Å². The molecular weight excluding hydrogens is 408 g/mol. The maximum atomic E-state index is 13.2. The van der Waals surface area contributed by atoms with E-state index in [9.17, 15) is 13.2 Å². The van der Waals surface area contributed by atoms with Crippen LogP contribution in [-0.2, 0) is 19.6 Å². The van der Waals surface area contributed by atoms with Crippen molar-refractivity contribution in [3.8, 4) is 0 Å². The van der Waals surface area contributed by atoms with Gasteiger partial charge in [-0.3, -0.25) is 4.79 Å². The minimum atomic E-state index is -3.87. The average molecular weight is 435 g/mol. The number of benzene rings is 1. The number of ether oxygens (including phenoxy) is 1. The Labute approximate surface area is 176 Å². The van der Waals surface area contributed by atoms with E-state index >= 15 is 0 Å². The second-order valence-electron chi connectivity index (χ2n) is 7.56. The lowest BCUT2D eigenvalue weighted by Crippen LogP contribution is -2.43. The Bertz CT molecular complexity index is 993. The lowest BCUT2D eigenvalue weighted by molar-refractivity contribution is -0.119. The van der Waals surface area contributed by atoms with Crippen LogP contribution >= 0.6 is 0 Å². The van der Waals surface area contributed by atoms with Crippen molar-refractivity contribution in [3.05, 3.63) is 35.7 Å². The molecule has 2 aromatic rings. The highest BCUT2D eigenvalue weighted by Crippen LogP contribution is 2.30. The van der Waals surface area contributed by atoms with E-state index in [4.69, 9.17) is 9.26 Å². The summed E-state index contributed by atoms with van der Waals surface area (Å²) in [6.07, 6.45) is 1.09. The Hall–Kier alpha value is -2.43. The van der Waals surface area contributed by atoms with Crippen LogP contribution in [0.4, 0.5) is 11.4 Å². The van der Waals surface area contributed by atoms with Crippen molar-refractivity contribution in [1.29, 1.82) is 0 Å². The zero-order chi connectivity index (χ0) is 21.3. The Morgan fingerprint density at radius 1 is 1.13 bits per heavy atom. The summed E-state index contributed by atoms with van der Waals surface area (Å²) in [5.74, 6) is -0.0979. The Balaban J connectivity index is 1.47. The third kappa shape index (κ3) is 3.94. The van der Waals surface area contributed by atoms with Crippen LogP contribution in [0.5, 0.6) is 0 Å². The molecule has 2 fully saturated rings. The lowest BCUT2D eigenvalue weighted by Gasteiger charge is -2.29. The van der Waals surface area contributed by atoms with Gasteiger partial charge in [0.2, 0.25) is 15.9 Å². The van der Waals surface area contributed by atoms with E-state index in [1.807, 2.05) is 24.3 Å². The number of nitrogens with one attached hydrogen (secondary N) is 1. The van der Waals surface area contributed by atoms with Crippen LogP contribution in [0.2, 0.25) is 0 Å². The number of carbonyl (C=O) groups excluding carboxylic acids is 1. The Morgan fingerprint density at radius 3 is 2.47 bits per heavy atom. The molecule has 0 aliphatic carbocycles. The summed E-state index contributed by atoms with van der Waals surface area (Å²) in [6, 6.07) is 6.82. The highest BCUT2D eigenvalue weighted by molar-refractivity contribution is 7.89. The molecule has 1 N–H and O–H groups in total. The van der Waals surface area contributed by atoms with Gasteiger partial charge in [0.05, 0.1) is 13.2 Å². The quantitative estimate of drug-likeness (QED) is 0.766. The summed E-state index contributed by atoms with van der Waals surface area (Å²) in [5, 5.41) is 6.61. The van der Waals surface area contributed by atoms with Gasteiger partial charge in [-0.15, -0.1) is 0 Å². The van der Waals surface area contributed by atoms with Crippen molar-refractivity contribution in [3.63, 3.8) is 0 Å². The van der Waals surface area contributed by atoms with E-state index in [1.54, 1.807) is 13.8 Å². The van der Waals surface area contributed by atoms with E-state index in [-0.39, 0.29) is 16.6 Å². The van der Waals surface area contributed by atoms with Gasteiger partial charge in [-0.2, -0.15) is 4.31 Å². The number of carbonyl (C=O) groups is 1. The molecule has 1 aromatic heterocycles. The zero-order valence-electron chi connectivity index (χ0n) is 17.1. The molecule has 0 bridgehead atoms. The minimum absolute atomic E-state index is 0.0528. The van der Waals surface area contributed by atoms with Crippen LogP contribution in [0.3, 0.4) is 0 Å². The van der Waals surface area contributed by atoms with Gasteiger partial charge in [0.15, 0.2) is 5.76 Å². The number of aryl methyl sites for hydroxylation is 2. The predicted octanol–water partition coefficient (Wildman–Crippen LogP) is 1.92. The minimum Gasteiger partial charge on any atom is -0.378 e. The summed E-state index contributed by atoms with van der Waals surface area (Å²) < 4.78 is 38.0. The van der Waals surface area contributed by atoms with Gasteiger partial charge in [0.25, 0.3) is 0 Å². The molecule has 1 amide bonds. The van der Waals surface area contributed by atoms with Crippen molar-refractivity contribution in [2.75, 3.05) is 43.1 Å². The first-order valence-electron chi connectivity index (χ1n) is 10.1. The first-order valence-corrected chi connectivity index (χ1v) is 11.5. The fourth-order valence-electron chi connectivity index (χ4n) is 4.05. The number of nitrogens with zero attached hydrogens (tertiary/aromatic N) is 3. The molecule has 0 spiro atoms. The maximum absolute atomic E-state index is 13.2. The van der Waals surface area contributed by atoms with Crippen LogP contribution in [0.1, 0.15) is 24.3 Å². The first kappa shape index (κ1) is 20.8. The van der Waals surface area contributed by atoms with Gasteiger partial charge in [-0.1, -0.05) is 5.16 Å². The van der Waals surface area contributed by atoms with Gasteiger partial charge >= 0.3 is 0 Å². The molecular formula is C20H26N4O5S. The summed E-state index contributed by atoms with van der Waals surface area (Å²) >= 11 is 0. The van der Waals surface area contributed by atoms with E-state index in [2.05, 4.69) is 15.4 Å². The van der Waals surface area contributed by atoms with E-state index in [1.165, 1.54) is 4.31 Å². The molecule has 9 nitrogen and oxygen atoms in total. The molecule has 1 aromatic carbocycles. The zero-order valence-corrected chi connectivity index (χ0v) is 17.9. The molecule has 2 aliphatic heterocycles. The van der Waals surface area contributed by atoms with Crippen molar-refractivity contribution < 1.29 is 22.5 Å². The molecule has 1 atom stereocenters. The van der Waals surface area contributed by atoms with Crippen LogP contribution in [0.15, 0.2) is 33.7 Å². The average Bonchev–Trinajstić information content (AvgIpc) is 3.37. The summed E-state index contributed by atoms with van der Waals surface area (Å²) in [5.41, 5.74) is 2.01. The first-order chi connectivity index (χ1) is 14.4. The second-order valence-corrected chi connectivity index (χ2v) is 9.39. The fraction of sp³-hybridized carbons (Fsp3) is 0.500. The topological polar surface area (TPSA) is 105 Å². The number of hydrogen-bond acceptors (Lipinski definition) is 7. The van der Waals surface area contributed by atoms with E-state index < -0.39 is 16.1 Å². The molecule has 30 heavy (non-hydrogen) atoms. The summed E-state index contributed by atoms with van der Waals surface area (Å²) in [4.78, 5) is 15.2. The predicted molar refractivity (Wildman–Crippen MR) is 111 cm³/mol. The monoisotopic (exact) mass is 434 g/mol. The van der Waals surface area contributed by atoms with Crippen LogP contribution in [0, 0.1) is 13.8 Å². The molecule has 2 saturated heterocycles. The molecule has 0 radical (unpaired) electrons. The number of hydrogen-bond donors (Lipinski definition) is 1. The Morgan fingerprint density at radius 2 is 1.83 bits per heavy atom. The van der Waals surface area contributed by atoms with Crippen molar-refractivity contribution in [2.24, 2.45) is 0 Å². The maximum Gasteiger partial charge on any atom is 0.249 e. The number of aromatic nitrogens is 1. The highest BCUT2D eigenvalue weighted by Gasteiger charge is 2.41. The normalized spacial score (nSPS) is 20.5. The SMILES string of the molecule is Cc1noc(C)c1S(=O)(=O)N1CCC[C@H]1C(=O)Nc1ccc(N2CCOCC2)cc1. The second kappa shape index (κ2) is 8.37. The van der Waals surface area contributed by atoms with Crippen LogP contribution in [0.25, 0.3) is 0 Å². The van der Waals surface area contributed by atoms with E-state index in [0.717, 1.165) is 18.8 Å². The summed E-state index contributed by atoms with van der Waals surface area (Å²) in [6.45, 7) is 6.52. The molecule has 10 heteroatoms. The molecule has 2 aliphatic rings. The molecule has 4 rings (SSSR count). The third-order valence-corrected chi connectivity index (χ3v) is 7.71.